The number of anilines is 1. The Morgan fingerprint density at radius 2 is 0.760 bits per heavy atom. The number of aromatic nitrogens is 3. The number of hydrogen-bond donors (Lipinski definition) is 1. The van der Waals surface area contributed by atoms with Gasteiger partial charge in [-0.25, -0.2) is 15.0 Å². The average molecular weight is 639 g/mol. The van der Waals surface area contributed by atoms with Crippen LogP contribution in [-0.2, 0) is 5.41 Å². The zero-order valence-electron chi connectivity index (χ0n) is 27.1. The Balaban J connectivity index is 1.19. The summed E-state index contributed by atoms with van der Waals surface area (Å²) in [6, 6.07) is 59.7. The van der Waals surface area contributed by atoms with Gasteiger partial charge in [-0.1, -0.05) is 152 Å². The zero-order valence-corrected chi connectivity index (χ0v) is 27.1. The molecule has 0 bridgehead atoms. The summed E-state index contributed by atoms with van der Waals surface area (Å²) < 4.78 is 0. The van der Waals surface area contributed by atoms with Crippen LogP contribution >= 0.6 is 0 Å². The molecule has 0 fully saturated rings. The molecule has 0 atom stereocenters. The molecule has 10 rings (SSSR count). The molecule has 2 aliphatic carbocycles. The van der Waals surface area contributed by atoms with Crippen LogP contribution in [0.5, 0.6) is 0 Å². The van der Waals surface area contributed by atoms with Crippen LogP contribution < -0.4 is 5.73 Å². The van der Waals surface area contributed by atoms with E-state index < -0.39 is 5.41 Å². The van der Waals surface area contributed by atoms with Crippen molar-refractivity contribution in [1.29, 1.82) is 0 Å². The van der Waals surface area contributed by atoms with Crippen LogP contribution in [0.15, 0.2) is 170 Å². The van der Waals surface area contributed by atoms with E-state index >= 15 is 0 Å². The first kappa shape index (κ1) is 28.4. The van der Waals surface area contributed by atoms with Gasteiger partial charge >= 0.3 is 0 Å². The topological polar surface area (TPSA) is 64.7 Å². The molecule has 0 saturated heterocycles. The number of nitrogens with two attached hydrogens (primary N) is 1. The van der Waals surface area contributed by atoms with Gasteiger partial charge in [0.1, 0.15) is 0 Å². The van der Waals surface area contributed by atoms with E-state index in [-0.39, 0.29) is 0 Å². The van der Waals surface area contributed by atoms with Crippen molar-refractivity contribution in [3.8, 4) is 67.5 Å². The summed E-state index contributed by atoms with van der Waals surface area (Å²) in [5.74, 6) is 1.92. The fraction of sp³-hybridized carbons (Fsp3) is 0.0217. The predicted molar refractivity (Wildman–Crippen MR) is 202 cm³/mol. The van der Waals surface area contributed by atoms with Crippen LogP contribution in [0.25, 0.3) is 67.5 Å². The average Bonchev–Trinajstić information content (AvgIpc) is 3.65. The van der Waals surface area contributed by atoms with E-state index in [1.54, 1.807) is 0 Å². The van der Waals surface area contributed by atoms with Gasteiger partial charge < -0.3 is 5.73 Å². The Morgan fingerprint density at radius 1 is 0.320 bits per heavy atom. The van der Waals surface area contributed by atoms with Crippen LogP contribution in [0.4, 0.5) is 5.69 Å². The highest BCUT2D eigenvalue weighted by atomic mass is 15.0. The second kappa shape index (κ2) is 10.9. The zero-order chi connectivity index (χ0) is 33.2. The summed E-state index contributed by atoms with van der Waals surface area (Å²) in [4.78, 5) is 15.1. The molecule has 0 amide bonds. The maximum absolute atomic E-state index is 6.52. The molecule has 50 heavy (non-hydrogen) atoms. The van der Waals surface area contributed by atoms with Gasteiger partial charge in [-0.2, -0.15) is 0 Å². The number of fused-ring (bicyclic) bond motifs is 10. The van der Waals surface area contributed by atoms with Crippen molar-refractivity contribution in [2.45, 2.75) is 5.41 Å². The van der Waals surface area contributed by atoms with Crippen molar-refractivity contribution in [2.24, 2.45) is 0 Å². The number of nitrogens with zero attached hydrogens (tertiary/aromatic N) is 3. The summed E-state index contributed by atoms with van der Waals surface area (Å²) in [6.07, 6.45) is 0. The van der Waals surface area contributed by atoms with Crippen LogP contribution in [0, 0.1) is 0 Å². The van der Waals surface area contributed by atoms with Crippen molar-refractivity contribution in [2.75, 3.05) is 5.73 Å². The minimum absolute atomic E-state index is 0.424. The highest BCUT2D eigenvalue weighted by molar-refractivity contribution is 5.97. The summed E-state index contributed by atoms with van der Waals surface area (Å²) in [6.45, 7) is 0. The highest BCUT2D eigenvalue weighted by Crippen LogP contribution is 2.63. The van der Waals surface area contributed by atoms with E-state index in [2.05, 4.69) is 103 Å². The molecule has 7 aromatic carbocycles. The van der Waals surface area contributed by atoms with E-state index in [4.69, 9.17) is 20.7 Å². The van der Waals surface area contributed by atoms with E-state index in [0.29, 0.717) is 17.5 Å². The third-order valence-electron chi connectivity index (χ3n) is 10.3. The SMILES string of the molecule is Nc1ccc2c(c1)-c1cc(-c3ccccc3-c3nc(-c4ccccc4)nc(-c4ccccc4)n3)ccc1C21c2ccccc2-c2ccccc21. The van der Waals surface area contributed by atoms with E-state index in [9.17, 15) is 0 Å². The lowest BCUT2D eigenvalue weighted by molar-refractivity contribution is 0.794. The molecule has 234 valence electrons. The van der Waals surface area contributed by atoms with Gasteiger partial charge in [-0.15, -0.1) is 0 Å². The van der Waals surface area contributed by atoms with Gasteiger partial charge in [0.15, 0.2) is 17.5 Å². The molecule has 0 saturated carbocycles. The molecule has 0 unspecified atom stereocenters. The number of rotatable bonds is 4. The molecule has 8 aromatic rings. The first-order valence-corrected chi connectivity index (χ1v) is 16.9. The van der Waals surface area contributed by atoms with Crippen LogP contribution in [0.1, 0.15) is 22.3 Å². The second-order valence-corrected chi connectivity index (χ2v) is 13.0. The van der Waals surface area contributed by atoms with Crippen LogP contribution in [0.2, 0.25) is 0 Å². The van der Waals surface area contributed by atoms with Crippen molar-refractivity contribution in [3.63, 3.8) is 0 Å². The van der Waals surface area contributed by atoms with Crippen molar-refractivity contribution < 1.29 is 0 Å². The molecule has 1 heterocycles. The van der Waals surface area contributed by atoms with Gasteiger partial charge in [0, 0.05) is 22.4 Å². The lowest BCUT2D eigenvalue weighted by Gasteiger charge is -2.30. The van der Waals surface area contributed by atoms with E-state index in [0.717, 1.165) is 33.5 Å². The van der Waals surface area contributed by atoms with Crippen molar-refractivity contribution >= 4 is 5.69 Å². The Hall–Kier alpha value is -6.65. The molecule has 2 aliphatic rings. The Kier molecular flexibility index (Phi) is 6.21. The number of benzene rings is 7. The first-order valence-electron chi connectivity index (χ1n) is 16.9. The molecule has 0 radical (unpaired) electrons. The van der Waals surface area contributed by atoms with Crippen LogP contribution in [0.3, 0.4) is 0 Å². The van der Waals surface area contributed by atoms with Crippen molar-refractivity contribution in [3.05, 3.63) is 192 Å². The quantitative estimate of drug-likeness (QED) is 0.195. The van der Waals surface area contributed by atoms with Gasteiger partial charge in [0.05, 0.1) is 5.41 Å². The minimum atomic E-state index is -0.424. The maximum Gasteiger partial charge on any atom is 0.164 e. The Labute approximate surface area is 290 Å². The van der Waals surface area contributed by atoms with Gasteiger partial charge in [-0.3, -0.25) is 0 Å². The van der Waals surface area contributed by atoms with Gasteiger partial charge in [-0.05, 0) is 73.8 Å². The standard InChI is InChI=1S/C46H30N4/c47-32-24-26-42-38(28-32)37-27-31(23-25-41(37)46(42)39-21-11-9-18-34(39)35-19-10-12-22-40(35)46)33-17-7-8-20-36(33)45-49-43(29-13-3-1-4-14-29)48-44(50-45)30-15-5-2-6-16-30/h1-28H,47H2. The molecular formula is C46H30N4. The summed E-state index contributed by atoms with van der Waals surface area (Å²) in [5.41, 5.74) is 21.9. The normalized spacial score (nSPS) is 13.0. The minimum Gasteiger partial charge on any atom is -0.399 e. The van der Waals surface area contributed by atoms with Gasteiger partial charge in [0.25, 0.3) is 0 Å². The summed E-state index contributed by atoms with van der Waals surface area (Å²) in [5, 5.41) is 0. The molecule has 0 aliphatic heterocycles. The van der Waals surface area contributed by atoms with E-state index in [1.165, 1.54) is 44.5 Å². The second-order valence-electron chi connectivity index (χ2n) is 13.0. The van der Waals surface area contributed by atoms with Gasteiger partial charge in [0.2, 0.25) is 0 Å². The monoisotopic (exact) mass is 638 g/mol. The fourth-order valence-corrected chi connectivity index (χ4v) is 8.19. The number of hydrogen-bond acceptors (Lipinski definition) is 4. The molecule has 4 heteroatoms. The Morgan fingerprint density at radius 3 is 1.36 bits per heavy atom. The summed E-state index contributed by atoms with van der Waals surface area (Å²) >= 11 is 0. The number of nitrogen functional groups attached to an aromatic ring is 1. The Bertz CT molecular complexity index is 2510. The smallest absolute Gasteiger partial charge is 0.164 e. The van der Waals surface area contributed by atoms with E-state index in [1.807, 2.05) is 66.7 Å². The predicted octanol–water partition coefficient (Wildman–Crippen LogP) is 10.5. The third kappa shape index (κ3) is 4.09. The highest BCUT2D eigenvalue weighted by Gasteiger charge is 2.51. The lowest BCUT2D eigenvalue weighted by Crippen LogP contribution is -2.25. The molecule has 2 N–H and O–H groups in total. The first-order chi connectivity index (χ1) is 24.7. The molecular weight excluding hydrogens is 609 g/mol. The summed E-state index contributed by atoms with van der Waals surface area (Å²) in [7, 11) is 0. The lowest BCUT2D eigenvalue weighted by atomic mass is 9.70. The molecule has 1 aromatic heterocycles. The third-order valence-corrected chi connectivity index (χ3v) is 10.3. The largest absolute Gasteiger partial charge is 0.399 e. The molecule has 4 nitrogen and oxygen atoms in total. The van der Waals surface area contributed by atoms with Crippen molar-refractivity contribution in [1.82, 2.24) is 15.0 Å². The maximum atomic E-state index is 6.52. The molecule has 1 spiro atoms. The van der Waals surface area contributed by atoms with Crippen LogP contribution in [-0.4, -0.2) is 15.0 Å². The fourth-order valence-electron chi connectivity index (χ4n) is 8.19.